The maximum Gasteiger partial charge on any atom is 0.175 e. The molecule has 7 heteroatoms. The van der Waals surface area contributed by atoms with Gasteiger partial charge in [-0.15, -0.1) is 0 Å². The first-order chi connectivity index (χ1) is 10.0. The van der Waals surface area contributed by atoms with Gasteiger partial charge in [0.2, 0.25) is 0 Å². The number of methoxy groups -OCH3 is 2. The standard InChI is InChI=1S/C14H18N4O2S/c1-9-11(8-18(2)17-9)16-14(21)15-10-5-6-12(19-3)13(7-10)20-4/h5-8H,1-4H3,(H2,15,16,21). The van der Waals surface area contributed by atoms with Crippen LogP contribution in [0.4, 0.5) is 11.4 Å². The Bertz CT molecular complexity index is 654. The van der Waals surface area contributed by atoms with Crippen LogP contribution >= 0.6 is 12.2 Å². The van der Waals surface area contributed by atoms with Crippen LogP contribution < -0.4 is 20.1 Å². The van der Waals surface area contributed by atoms with Gasteiger partial charge in [-0.25, -0.2) is 0 Å². The van der Waals surface area contributed by atoms with Gasteiger partial charge in [0.15, 0.2) is 16.6 Å². The molecule has 0 unspecified atom stereocenters. The Morgan fingerprint density at radius 1 is 1.19 bits per heavy atom. The molecule has 1 heterocycles. The molecule has 2 aromatic rings. The molecule has 6 nitrogen and oxygen atoms in total. The lowest BCUT2D eigenvalue weighted by molar-refractivity contribution is 0.355. The number of hydrogen-bond acceptors (Lipinski definition) is 4. The molecular weight excluding hydrogens is 288 g/mol. The Labute approximate surface area is 129 Å². The van der Waals surface area contributed by atoms with Crippen molar-refractivity contribution < 1.29 is 9.47 Å². The second kappa shape index (κ2) is 6.45. The average Bonchev–Trinajstić information content (AvgIpc) is 2.76. The predicted octanol–water partition coefficient (Wildman–Crippen LogP) is 2.55. The first-order valence-corrected chi connectivity index (χ1v) is 6.74. The van der Waals surface area contributed by atoms with Gasteiger partial charge in [-0.3, -0.25) is 4.68 Å². The average molecular weight is 306 g/mol. The van der Waals surface area contributed by atoms with E-state index in [-0.39, 0.29) is 0 Å². The summed E-state index contributed by atoms with van der Waals surface area (Å²) in [6.45, 7) is 1.92. The van der Waals surface area contributed by atoms with E-state index in [1.54, 1.807) is 18.9 Å². The van der Waals surface area contributed by atoms with Crippen molar-refractivity contribution in [2.75, 3.05) is 24.9 Å². The lowest BCUT2D eigenvalue weighted by Gasteiger charge is -2.12. The molecule has 0 amide bonds. The van der Waals surface area contributed by atoms with Gasteiger partial charge in [-0.2, -0.15) is 5.10 Å². The Morgan fingerprint density at radius 2 is 1.90 bits per heavy atom. The maximum atomic E-state index is 5.30. The molecule has 1 aromatic carbocycles. The molecule has 2 N–H and O–H groups in total. The van der Waals surface area contributed by atoms with Crippen LogP contribution in [0.2, 0.25) is 0 Å². The summed E-state index contributed by atoms with van der Waals surface area (Å²) in [7, 11) is 5.06. The largest absolute Gasteiger partial charge is 0.493 e. The number of ether oxygens (including phenoxy) is 2. The zero-order chi connectivity index (χ0) is 15.4. The third-order valence-corrected chi connectivity index (χ3v) is 3.11. The normalized spacial score (nSPS) is 10.1. The van der Waals surface area contributed by atoms with E-state index in [1.165, 1.54) is 0 Å². The van der Waals surface area contributed by atoms with Gasteiger partial charge < -0.3 is 20.1 Å². The lowest BCUT2D eigenvalue weighted by atomic mass is 10.3. The monoisotopic (exact) mass is 306 g/mol. The van der Waals surface area contributed by atoms with Crippen LogP contribution in [-0.4, -0.2) is 29.1 Å². The van der Waals surface area contributed by atoms with E-state index in [0.29, 0.717) is 16.6 Å². The highest BCUT2D eigenvalue weighted by Crippen LogP contribution is 2.29. The first kappa shape index (κ1) is 15.1. The minimum absolute atomic E-state index is 0.485. The molecule has 0 aliphatic carbocycles. The molecule has 0 bridgehead atoms. The highest BCUT2D eigenvalue weighted by atomic mass is 32.1. The molecular formula is C14H18N4O2S. The van der Waals surface area contributed by atoms with Gasteiger partial charge in [-0.1, -0.05) is 0 Å². The zero-order valence-electron chi connectivity index (χ0n) is 12.4. The van der Waals surface area contributed by atoms with E-state index in [2.05, 4.69) is 15.7 Å². The van der Waals surface area contributed by atoms with E-state index in [1.807, 2.05) is 38.4 Å². The molecule has 112 valence electrons. The smallest absolute Gasteiger partial charge is 0.175 e. The molecule has 0 aliphatic rings. The number of rotatable bonds is 4. The molecule has 0 saturated heterocycles. The fraction of sp³-hybridized carbons (Fsp3) is 0.286. The topological polar surface area (TPSA) is 60.3 Å². The second-order valence-corrected chi connectivity index (χ2v) is 4.86. The van der Waals surface area contributed by atoms with Crippen molar-refractivity contribution in [2.24, 2.45) is 7.05 Å². The van der Waals surface area contributed by atoms with Gasteiger partial charge in [0.1, 0.15) is 0 Å². The Balaban J connectivity index is 2.07. The fourth-order valence-corrected chi connectivity index (χ4v) is 2.15. The van der Waals surface area contributed by atoms with Crippen LogP contribution in [0.25, 0.3) is 0 Å². The van der Waals surface area contributed by atoms with E-state index >= 15 is 0 Å². The van der Waals surface area contributed by atoms with Gasteiger partial charge in [-0.05, 0) is 31.3 Å². The van der Waals surface area contributed by atoms with Crippen molar-refractivity contribution in [3.63, 3.8) is 0 Å². The van der Waals surface area contributed by atoms with Gasteiger partial charge in [0.05, 0.1) is 25.6 Å². The Morgan fingerprint density at radius 3 is 2.48 bits per heavy atom. The van der Waals surface area contributed by atoms with Crippen LogP contribution in [0.15, 0.2) is 24.4 Å². The number of thiocarbonyl (C=S) groups is 1. The van der Waals surface area contributed by atoms with Gasteiger partial charge in [0, 0.05) is 25.0 Å². The van der Waals surface area contributed by atoms with E-state index < -0.39 is 0 Å². The molecule has 21 heavy (non-hydrogen) atoms. The van der Waals surface area contributed by atoms with Crippen LogP contribution in [-0.2, 0) is 7.05 Å². The Hall–Kier alpha value is -2.28. The number of aryl methyl sites for hydroxylation is 2. The summed E-state index contributed by atoms with van der Waals surface area (Å²) in [6.07, 6.45) is 1.87. The van der Waals surface area contributed by atoms with Crippen LogP contribution in [0, 0.1) is 6.92 Å². The summed E-state index contributed by atoms with van der Waals surface area (Å²) >= 11 is 5.30. The minimum Gasteiger partial charge on any atom is -0.493 e. The zero-order valence-corrected chi connectivity index (χ0v) is 13.2. The molecule has 0 fully saturated rings. The van der Waals surface area contributed by atoms with Gasteiger partial charge >= 0.3 is 0 Å². The number of anilines is 2. The second-order valence-electron chi connectivity index (χ2n) is 4.45. The van der Waals surface area contributed by atoms with E-state index in [4.69, 9.17) is 21.7 Å². The van der Waals surface area contributed by atoms with Crippen molar-refractivity contribution in [3.05, 3.63) is 30.1 Å². The molecule has 1 aromatic heterocycles. The van der Waals surface area contributed by atoms with Crippen LogP contribution in [0.5, 0.6) is 11.5 Å². The Kier molecular flexibility index (Phi) is 4.64. The van der Waals surface area contributed by atoms with Crippen molar-refractivity contribution in [2.45, 2.75) is 6.92 Å². The van der Waals surface area contributed by atoms with Crippen LogP contribution in [0.1, 0.15) is 5.69 Å². The number of aromatic nitrogens is 2. The summed E-state index contributed by atoms with van der Waals surface area (Å²) in [5.41, 5.74) is 2.57. The predicted molar refractivity (Wildman–Crippen MR) is 87.3 cm³/mol. The number of hydrogen-bond donors (Lipinski definition) is 2. The fourth-order valence-electron chi connectivity index (χ4n) is 1.92. The highest BCUT2D eigenvalue weighted by Gasteiger charge is 2.08. The van der Waals surface area contributed by atoms with Gasteiger partial charge in [0.25, 0.3) is 0 Å². The molecule has 0 saturated carbocycles. The molecule has 0 atom stereocenters. The molecule has 0 radical (unpaired) electrons. The molecule has 2 rings (SSSR count). The van der Waals surface area contributed by atoms with E-state index in [9.17, 15) is 0 Å². The summed E-state index contributed by atoms with van der Waals surface area (Å²) in [4.78, 5) is 0. The summed E-state index contributed by atoms with van der Waals surface area (Å²) in [6, 6.07) is 5.51. The molecule has 0 aliphatic heterocycles. The highest BCUT2D eigenvalue weighted by molar-refractivity contribution is 7.80. The maximum absolute atomic E-state index is 5.30. The quantitative estimate of drug-likeness (QED) is 0.847. The third-order valence-electron chi connectivity index (χ3n) is 2.90. The molecule has 0 spiro atoms. The van der Waals surface area contributed by atoms with E-state index in [0.717, 1.165) is 17.1 Å². The number of nitrogens with zero attached hydrogens (tertiary/aromatic N) is 2. The van der Waals surface area contributed by atoms with Crippen molar-refractivity contribution >= 4 is 28.7 Å². The third kappa shape index (κ3) is 3.63. The summed E-state index contributed by atoms with van der Waals surface area (Å²) < 4.78 is 12.2. The lowest BCUT2D eigenvalue weighted by Crippen LogP contribution is -2.19. The van der Waals surface area contributed by atoms with Crippen molar-refractivity contribution in [1.29, 1.82) is 0 Å². The first-order valence-electron chi connectivity index (χ1n) is 6.33. The minimum atomic E-state index is 0.485. The number of nitrogens with one attached hydrogen (secondary N) is 2. The van der Waals surface area contributed by atoms with Crippen LogP contribution in [0.3, 0.4) is 0 Å². The summed E-state index contributed by atoms with van der Waals surface area (Å²) in [5.74, 6) is 1.31. The van der Waals surface area contributed by atoms with Crippen molar-refractivity contribution in [3.8, 4) is 11.5 Å². The van der Waals surface area contributed by atoms with Crippen molar-refractivity contribution in [1.82, 2.24) is 9.78 Å². The SMILES string of the molecule is COc1ccc(NC(=S)Nc2cn(C)nc2C)cc1OC. The summed E-state index contributed by atoms with van der Waals surface area (Å²) in [5, 5.41) is 10.9. The number of benzene rings is 1.